The third-order valence-corrected chi connectivity index (χ3v) is 5.40. The molecule has 4 rings (SSSR count). The zero-order valence-corrected chi connectivity index (χ0v) is 15.7. The highest BCUT2D eigenvalue weighted by Gasteiger charge is 2.37. The number of H-pyrrole nitrogens is 1. The Bertz CT molecular complexity index is 1240. The number of amides is 1. The number of hydrogen-bond acceptors (Lipinski definition) is 4. The number of benzene rings is 2. The van der Waals surface area contributed by atoms with Gasteiger partial charge in [0.15, 0.2) is 0 Å². The molecule has 8 heteroatoms. The summed E-state index contributed by atoms with van der Waals surface area (Å²) >= 11 is 0. The standard InChI is InChI=1S/C21H19N3O5/c1-12(24-19(26)15-8-4-5-9-16(15)22-21(24)29)18(25)23-11-14-7-3-2-6-13(14)10-17(23)20(27)28/h2-9,12,17H,10-11H2,1H3,(H,22,29)(H,27,28)/t12?,17-/m1/s1. The van der Waals surface area contributed by atoms with Gasteiger partial charge in [0.25, 0.3) is 5.56 Å². The lowest BCUT2D eigenvalue weighted by molar-refractivity contribution is -0.152. The van der Waals surface area contributed by atoms with E-state index in [0.29, 0.717) is 5.52 Å². The van der Waals surface area contributed by atoms with Crippen LogP contribution < -0.4 is 11.2 Å². The molecule has 2 aromatic carbocycles. The molecule has 0 saturated carbocycles. The van der Waals surface area contributed by atoms with E-state index in [-0.39, 0.29) is 18.4 Å². The van der Waals surface area contributed by atoms with Crippen molar-refractivity contribution < 1.29 is 14.7 Å². The van der Waals surface area contributed by atoms with E-state index in [1.165, 1.54) is 11.8 Å². The van der Waals surface area contributed by atoms with E-state index in [1.54, 1.807) is 24.3 Å². The average Bonchev–Trinajstić information content (AvgIpc) is 2.72. The topological polar surface area (TPSA) is 112 Å². The molecule has 0 aliphatic carbocycles. The van der Waals surface area contributed by atoms with Crippen molar-refractivity contribution in [1.82, 2.24) is 14.5 Å². The van der Waals surface area contributed by atoms with Gasteiger partial charge >= 0.3 is 11.7 Å². The Balaban J connectivity index is 1.76. The number of rotatable bonds is 3. The fourth-order valence-electron chi connectivity index (χ4n) is 3.85. The molecule has 0 fully saturated rings. The van der Waals surface area contributed by atoms with Crippen molar-refractivity contribution in [3.8, 4) is 0 Å². The number of para-hydroxylation sites is 1. The summed E-state index contributed by atoms with van der Waals surface area (Å²) in [7, 11) is 0. The van der Waals surface area contributed by atoms with E-state index in [2.05, 4.69) is 4.98 Å². The van der Waals surface area contributed by atoms with Crippen LogP contribution in [0.5, 0.6) is 0 Å². The molecule has 2 atom stereocenters. The summed E-state index contributed by atoms with van der Waals surface area (Å²) < 4.78 is 0.851. The molecular weight excluding hydrogens is 374 g/mol. The van der Waals surface area contributed by atoms with Gasteiger partial charge in [0, 0.05) is 13.0 Å². The molecule has 1 amide bonds. The molecule has 1 aromatic heterocycles. The first kappa shape index (κ1) is 18.7. The maximum Gasteiger partial charge on any atom is 0.329 e. The Labute approximate surface area is 165 Å². The van der Waals surface area contributed by atoms with Crippen molar-refractivity contribution in [3.05, 3.63) is 80.5 Å². The molecule has 0 spiro atoms. The first-order valence-corrected chi connectivity index (χ1v) is 9.22. The van der Waals surface area contributed by atoms with Crippen molar-refractivity contribution in [2.24, 2.45) is 0 Å². The average molecular weight is 393 g/mol. The SMILES string of the molecule is CC(C(=O)N1Cc2ccccc2C[C@@H]1C(=O)O)n1c(=O)[nH]c2ccccc2c1=O. The predicted octanol–water partition coefficient (Wildman–Crippen LogP) is 1.29. The quantitative estimate of drug-likeness (QED) is 0.696. The Morgan fingerprint density at radius 1 is 1.07 bits per heavy atom. The number of carbonyl (C=O) groups is 2. The smallest absolute Gasteiger partial charge is 0.329 e. The first-order chi connectivity index (χ1) is 13.9. The molecule has 2 N–H and O–H groups in total. The summed E-state index contributed by atoms with van der Waals surface area (Å²) in [5.41, 5.74) is 0.810. The fourth-order valence-corrected chi connectivity index (χ4v) is 3.85. The molecule has 148 valence electrons. The van der Waals surface area contributed by atoms with Crippen LogP contribution in [0.4, 0.5) is 0 Å². The molecular formula is C21H19N3O5. The van der Waals surface area contributed by atoms with Crippen LogP contribution in [-0.2, 0) is 22.6 Å². The molecule has 1 aliphatic rings. The second-order valence-corrected chi connectivity index (χ2v) is 7.12. The van der Waals surface area contributed by atoms with Crippen LogP contribution in [0.15, 0.2) is 58.1 Å². The van der Waals surface area contributed by atoms with Crippen LogP contribution >= 0.6 is 0 Å². The fraction of sp³-hybridized carbons (Fsp3) is 0.238. The van der Waals surface area contributed by atoms with Gasteiger partial charge in [0.2, 0.25) is 5.91 Å². The highest BCUT2D eigenvalue weighted by molar-refractivity contribution is 5.87. The van der Waals surface area contributed by atoms with Gasteiger partial charge in [0.05, 0.1) is 10.9 Å². The number of aromatic nitrogens is 2. The summed E-state index contributed by atoms with van der Waals surface area (Å²) in [4.78, 5) is 54.2. The number of aromatic amines is 1. The molecule has 8 nitrogen and oxygen atoms in total. The number of carboxylic acids is 1. The number of aliphatic carboxylic acids is 1. The van der Waals surface area contributed by atoms with Crippen LogP contribution in [0.1, 0.15) is 24.1 Å². The zero-order chi connectivity index (χ0) is 20.7. The Morgan fingerprint density at radius 2 is 1.72 bits per heavy atom. The zero-order valence-electron chi connectivity index (χ0n) is 15.7. The van der Waals surface area contributed by atoms with Crippen molar-refractivity contribution in [2.75, 3.05) is 0 Å². The molecule has 0 radical (unpaired) electrons. The van der Waals surface area contributed by atoms with Crippen LogP contribution in [0.3, 0.4) is 0 Å². The summed E-state index contributed by atoms with van der Waals surface area (Å²) in [5, 5.41) is 9.94. The molecule has 3 aromatic rings. The van der Waals surface area contributed by atoms with Crippen molar-refractivity contribution in [3.63, 3.8) is 0 Å². The van der Waals surface area contributed by atoms with E-state index in [4.69, 9.17) is 0 Å². The summed E-state index contributed by atoms with van der Waals surface area (Å²) in [6.07, 6.45) is 0.174. The minimum atomic E-state index is -1.15. The number of carboxylic acid groups (broad SMARTS) is 1. The third kappa shape index (κ3) is 3.12. The summed E-state index contributed by atoms with van der Waals surface area (Å²) in [5.74, 6) is -1.71. The summed E-state index contributed by atoms with van der Waals surface area (Å²) in [6, 6.07) is 11.7. The van der Waals surface area contributed by atoms with E-state index in [9.17, 15) is 24.3 Å². The van der Waals surface area contributed by atoms with Gasteiger partial charge in [-0.15, -0.1) is 0 Å². The van der Waals surface area contributed by atoms with Crippen molar-refractivity contribution in [1.29, 1.82) is 0 Å². The minimum Gasteiger partial charge on any atom is -0.480 e. The van der Waals surface area contributed by atoms with Gasteiger partial charge in [-0.2, -0.15) is 0 Å². The predicted molar refractivity (Wildman–Crippen MR) is 106 cm³/mol. The van der Waals surface area contributed by atoms with Gasteiger partial charge < -0.3 is 15.0 Å². The molecule has 0 bridgehead atoms. The molecule has 0 saturated heterocycles. The highest BCUT2D eigenvalue weighted by atomic mass is 16.4. The van der Waals surface area contributed by atoms with Gasteiger partial charge in [-0.05, 0) is 30.2 Å². The van der Waals surface area contributed by atoms with E-state index < -0.39 is 35.2 Å². The Hall–Kier alpha value is -3.68. The van der Waals surface area contributed by atoms with Gasteiger partial charge in [-0.1, -0.05) is 36.4 Å². The van der Waals surface area contributed by atoms with Crippen LogP contribution in [0.25, 0.3) is 10.9 Å². The lowest BCUT2D eigenvalue weighted by Gasteiger charge is -2.36. The normalized spacial score (nSPS) is 17.0. The maximum atomic E-state index is 13.2. The van der Waals surface area contributed by atoms with E-state index in [0.717, 1.165) is 15.7 Å². The summed E-state index contributed by atoms with van der Waals surface area (Å²) in [6.45, 7) is 1.55. The van der Waals surface area contributed by atoms with Crippen LogP contribution in [0.2, 0.25) is 0 Å². The van der Waals surface area contributed by atoms with Gasteiger partial charge in [-0.25, -0.2) is 14.2 Å². The first-order valence-electron chi connectivity index (χ1n) is 9.22. The molecule has 1 unspecified atom stereocenters. The number of carbonyl (C=O) groups excluding carboxylic acids is 1. The van der Waals surface area contributed by atoms with Gasteiger partial charge in [0.1, 0.15) is 12.1 Å². The minimum absolute atomic E-state index is 0.108. The largest absolute Gasteiger partial charge is 0.480 e. The molecule has 29 heavy (non-hydrogen) atoms. The van der Waals surface area contributed by atoms with E-state index in [1.807, 2.05) is 24.3 Å². The number of nitrogens with zero attached hydrogens (tertiary/aromatic N) is 2. The molecule has 1 aliphatic heterocycles. The van der Waals surface area contributed by atoms with Crippen LogP contribution in [0, 0.1) is 0 Å². The number of hydrogen-bond donors (Lipinski definition) is 2. The van der Waals surface area contributed by atoms with Gasteiger partial charge in [-0.3, -0.25) is 9.59 Å². The van der Waals surface area contributed by atoms with E-state index >= 15 is 0 Å². The highest BCUT2D eigenvalue weighted by Crippen LogP contribution is 2.25. The Kier molecular flexibility index (Phi) is 4.54. The monoisotopic (exact) mass is 393 g/mol. The molecule has 2 heterocycles. The number of nitrogens with one attached hydrogen (secondary N) is 1. The second-order valence-electron chi connectivity index (χ2n) is 7.12. The van der Waals surface area contributed by atoms with Crippen LogP contribution in [-0.4, -0.2) is 37.5 Å². The lowest BCUT2D eigenvalue weighted by Crippen LogP contribution is -2.52. The number of fused-ring (bicyclic) bond motifs is 2. The van der Waals surface area contributed by atoms with Crippen molar-refractivity contribution in [2.45, 2.75) is 32.0 Å². The third-order valence-electron chi connectivity index (χ3n) is 5.40. The second kappa shape index (κ2) is 7.05. The lowest BCUT2D eigenvalue weighted by atomic mass is 9.93. The Morgan fingerprint density at radius 3 is 2.45 bits per heavy atom. The maximum absolute atomic E-state index is 13.2. The van der Waals surface area contributed by atoms with Crippen molar-refractivity contribution >= 4 is 22.8 Å².